The van der Waals surface area contributed by atoms with E-state index in [1.807, 2.05) is 13.8 Å². The average Bonchev–Trinajstić information content (AvgIpc) is 2.65. The number of amides is 2. The Labute approximate surface area is 117 Å². The number of carbonyl (C=O) groups excluding carboxylic acids is 2. The summed E-state index contributed by atoms with van der Waals surface area (Å²) < 4.78 is 5.32. The van der Waals surface area contributed by atoms with E-state index >= 15 is 0 Å². The third kappa shape index (κ3) is 2.39. The molecule has 2 rings (SSSR count). The van der Waals surface area contributed by atoms with Crippen molar-refractivity contribution in [1.82, 2.24) is 4.90 Å². The molecule has 0 bridgehead atoms. The zero-order valence-electron chi connectivity index (χ0n) is 11.5. The summed E-state index contributed by atoms with van der Waals surface area (Å²) in [5.74, 6) is -0.870. The van der Waals surface area contributed by atoms with Crippen LogP contribution in [0.4, 0.5) is 0 Å². The molecule has 106 valence electrons. The SMILES string of the molecule is CCCN1C(=O)C(O)=C(c2ccc(OCC)cc2)C1=O. The third-order valence-electron chi connectivity index (χ3n) is 3.04. The first-order valence-electron chi connectivity index (χ1n) is 6.62. The van der Waals surface area contributed by atoms with Gasteiger partial charge in [-0.3, -0.25) is 14.5 Å². The van der Waals surface area contributed by atoms with Gasteiger partial charge in [0.2, 0.25) is 0 Å². The van der Waals surface area contributed by atoms with Crippen molar-refractivity contribution in [1.29, 1.82) is 0 Å². The first-order valence-corrected chi connectivity index (χ1v) is 6.62. The van der Waals surface area contributed by atoms with Gasteiger partial charge in [0.05, 0.1) is 12.2 Å². The van der Waals surface area contributed by atoms with Crippen LogP contribution in [0.15, 0.2) is 30.0 Å². The van der Waals surface area contributed by atoms with Gasteiger partial charge in [0.15, 0.2) is 5.76 Å². The maximum absolute atomic E-state index is 12.2. The van der Waals surface area contributed by atoms with E-state index in [1.165, 1.54) is 0 Å². The molecular formula is C15H17NO4. The largest absolute Gasteiger partial charge is 0.502 e. The van der Waals surface area contributed by atoms with Crippen LogP contribution in [0.25, 0.3) is 5.57 Å². The molecule has 0 saturated carbocycles. The van der Waals surface area contributed by atoms with Gasteiger partial charge in [-0.25, -0.2) is 0 Å². The molecule has 1 aromatic rings. The van der Waals surface area contributed by atoms with Crippen molar-refractivity contribution in [2.45, 2.75) is 20.3 Å². The molecule has 0 spiro atoms. The summed E-state index contributed by atoms with van der Waals surface area (Å²) in [4.78, 5) is 25.1. The Morgan fingerprint density at radius 2 is 1.75 bits per heavy atom. The van der Waals surface area contributed by atoms with Crippen LogP contribution >= 0.6 is 0 Å². The van der Waals surface area contributed by atoms with Crippen LogP contribution in [-0.2, 0) is 9.59 Å². The van der Waals surface area contributed by atoms with Crippen molar-refractivity contribution in [3.05, 3.63) is 35.6 Å². The van der Waals surface area contributed by atoms with Gasteiger partial charge >= 0.3 is 0 Å². The number of benzene rings is 1. The molecule has 1 aliphatic rings. The summed E-state index contributed by atoms with van der Waals surface area (Å²) in [6.45, 7) is 4.60. The first-order chi connectivity index (χ1) is 9.60. The van der Waals surface area contributed by atoms with Crippen molar-refractivity contribution >= 4 is 17.4 Å². The second kappa shape index (κ2) is 5.77. The number of hydrogen-bond acceptors (Lipinski definition) is 4. The molecule has 1 aromatic carbocycles. The fourth-order valence-corrected chi connectivity index (χ4v) is 2.13. The lowest BCUT2D eigenvalue weighted by Crippen LogP contribution is -2.32. The van der Waals surface area contributed by atoms with Gasteiger partial charge in [-0.2, -0.15) is 0 Å². The molecule has 0 aliphatic carbocycles. The lowest BCUT2D eigenvalue weighted by molar-refractivity contribution is -0.138. The minimum atomic E-state index is -0.624. The summed E-state index contributed by atoms with van der Waals surface area (Å²) in [5, 5.41) is 9.89. The van der Waals surface area contributed by atoms with Crippen LogP contribution in [-0.4, -0.2) is 35.0 Å². The van der Waals surface area contributed by atoms with E-state index in [0.29, 0.717) is 30.9 Å². The van der Waals surface area contributed by atoms with E-state index in [2.05, 4.69) is 0 Å². The van der Waals surface area contributed by atoms with E-state index in [-0.39, 0.29) is 5.57 Å². The number of imide groups is 1. The molecule has 1 N–H and O–H groups in total. The lowest BCUT2D eigenvalue weighted by Gasteiger charge is -2.12. The summed E-state index contributed by atoms with van der Waals surface area (Å²) in [5.41, 5.74) is 0.578. The summed E-state index contributed by atoms with van der Waals surface area (Å²) in [6.07, 6.45) is 0.654. The number of aliphatic hydroxyl groups is 1. The predicted molar refractivity (Wildman–Crippen MR) is 74.2 cm³/mol. The lowest BCUT2D eigenvalue weighted by atomic mass is 10.1. The van der Waals surface area contributed by atoms with Crippen LogP contribution in [0, 0.1) is 0 Å². The molecule has 0 atom stereocenters. The third-order valence-corrected chi connectivity index (χ3v) is 3.04. The van der Waals surface area contributed by atoms with Gasteiger partial charge in [0, 0.05) is 6.54 Å². The number of ether oxygens (including phenoxy) is 1. The molecule has 2 amide bonds. The van der Waals surface area contributed by atoms with Gasteiger partial charge in [0.25, 0.3) is 11.8 Å². The smallest absolute Gasteiger partial charge is 0.296 e. The Balaban J connectivity index is 2.31. The van der Waals surface area contributed by atoms with E-state index < -0.39 is 17.6 Å². The fourth-order valence-electron chi connectivity index (χ4n) is 2.13. The maximum atomic E-state index is 12.2. The Morgan fingerprint density at radius 1 is 1.10 bits per heavy atom. The molecular weight excluding hydrogens is 258 g/mol. The van der Waals surface area contributed by atoms with Crippen molar-refractivity contribution < 1.29 is 19.4 Å². The second-order valence-electron chi connectivity index (χ2n) is 4.44. The Bertz CT molecular complexity index is 560. The molecule has 5 heteroatoms. The number of hydrogen-bond donors (Lipinski definition) is 1. The molecule has 20 heavy (non-hydrogen) atoms. The van der Waals surface area contributed by atoms with Gasteiger partial charge < -0.3 is 9.84 Å². The first kappa shape index (κ1) is 14.1. The molecule has 1 aliphatic heterocycles. The standard InChI is InChI=1S/C15H17NO4/c1-3-9-16-14(18)12(13(17)15(16)19)10-5-7-11(8-6-10)20-4-2/h5-8,17H,3-4,9H2,1-2H3. The number of rotatable bonds is 5. The zero-order valence-corrected chi connectivity index (χ0v) is 11.5. The fraction of sp³-hybridized carbons (Fsp3) is 0.333. The highest BCUT2D eigenvalue weighted by atomic mass is 16.5. The molecule has 5 nitrogen and oxygen atoms in total. The van der Waals surface area contributed by atoms with Gasteiger partial charge in [0.1, 0.15) is 5.75 Å². The minimum Gasteiger partial charge on any atom is -0.502 e. The Kier molecular flexibility index (Phi) is 4.08. The van der Waals surface area contributed by atoms with Crippen molar-refractivity contribution in [2.24, 2.45) is 0 Å². The van der Waals surface area contributed by atoms with E-state index in [0.717, 1.165) is 4.90 Å². The Morgan fingerprint density at radius 3 is 2.30 bits per heavy atom. The van der Waals surface area contributed by atoms with E-state index in [4.69, 9.17) is 4.74 Å². The van der Waals surface area contributed by atoms with Crippen molar-refractivity contribution in [3.8, 4) is 5.75 Å². The zero-order chi connectivity index (χ0) is 14.7. The minimum absolute atomic E-state index is 0.0616. The van der Waals surface area contributed by atoms with Crippen LogP contribution in [0.1, 0.15) is 25.8 Å². The summed E-state index contributed by atoms with van der Waals surface area (Å²) in [6, 6.07) is 6.74. The van der Waals surface area contributed by atoms with Crippen LogP contribution in [0.5, 0.6) is 5.75 Å². The van der Waals surface area contributed by atoms with Gasteiger partial charge in [-0.1, -0.05) is 19.1 Å². The topological polar surface area (TPSA) is 66.8 Å². The summed E-state index contributed by atoms with van der Waals surface area (Å²) >= 11 is 0. The highest BCUT2D eigenvalue weighted by Gasteiger charge is 2.38. The molecule has 1 heterocycles. The average molecular weight is 275 g/mol. The van der Waals surface area contributed by atoms with E-state index in [1.54, 1.807) is 24.3 Å². The molecule has 0 radical (unpaired) electrons. The monoisotopic (exact) mass is 275 g/mol. The molecule has 0 fully saturated rings. The maximum Gasteiger partial charge on any atom is 0.296 e. The van der Waals surface area contributed by atoms with Crippen LogP contribution in [0.2, 0.25) is 0 Å². The predicted octanol–water partition coefficient (Wildman–Crippen LogP) is 2.13. The van der Waals surface area contributed by atoms with Crippen LogP contribution < -0.4 is 4.74 Å². The van der Waals surface area contributed by atoms with Crippen LogP contribution in [0.3, 0.4) is 0 Å². The van der Waals surface area contributed by atoms with Gasteiger partial charge in [-0.05, 0) is 31.0 Å². The molecule has 0 aromatic heterocycles. The van der Waals surface area contributed by atoms with Crippen molar-refractivity contribution in [3.63, 3.8) is 0 Å². The highest BCUT2D eigenvalue weighted by molar-refractivity contribution is 6.34. The molecule has 0 unspecified atom stereocenters. The second-order valence-corrected chi connectivity index (χ2v) is 4.44. The Hall–Kier alpha value is -2.30. The van der Waals surface area contributed by atoms with Gasteiger partial charge in [-0.15, -0.1) is 0 Å². The number of nitrogens with zero attached hydrogens (tertiary/aromatic N) is 1. The highest BCUT2D eigenvalue weighted by Crippen LogP contribution is 2.29. The van der Waals surface area contributed by atoms with E-state index in [9.17, 15) is 14.7 Å². The summed E-state index contributed by atoms with van der Waals surface area (Å²) in [7, 11) is 0. The quantitative estimate of drug-likeness (QED) is 0.836. The molecule has 0 saturated heterocycles. The number of aliphatic hydroxyl groups excluding tert-OH is 1. The van der Waals surface area contributed by atoms with Crippen molar-refractivity contribution in [2.75, 3.05) is 13.2 Å². The number of carbonyl (C=O) groups is 2. The normalized spacial score (nSPS) is 15.2.